The number of benzene rings is 1. The van der Waals surface area contributed by atoms with Gasteiger partial charge in [0.15, 0.2) is 0 Å². The highest BCUT2D eigenvalue weighted by molar-refractivity contribution is 5.50. The van der Waals surface area contributed by atoms with Crippen molar-refractivity contribution in [1.82, 2.24) is 5.32 Å². The van der Waals surface area contributed by atoms with E-state index in [9.17, 15) is 4.39 Å². The maximum absolute atomic E-state index is 14.1. The van der Waals surface area contributed by atoms with Crippen LogP contribution in [0.25, 0.3) is 0 Å². The van der Waals surface area contributed by atoms with Gasteiger partial charge in [0.05, 0.1) is 5.69 Å². The quantitative estimate of drug-likeness (QED) is 0.724. The molecule has 0 spiro atoms. The second-order valence-electron chi connectivity index (χ2n) is 5.46. The van der Waals surface area contributed by atoms with E-state index in [0.717, 1.165) is 50.1 Å². The zero-order valence-corrected chi connectivity index (χ0v) is 13.4. The molecule has 1 aromatic carbocycles. The van der Waals surface area contributed by atoms with E-state index in [0.29, 0.717) is 6.04 Å². The highest BCUT2D eigenvalue weighted by Crippen LogP contribution is 2.22. The summed E-state index contributed by atoms with van der Waals surface area (Å²) in [5.74, 6) is -0.112. The lowest BCUT2D eigenvalue weighted by atomic mass is 10.1. The highest BCUT2D eigenvalue weighted by Gasteiger charge is 2.11. The summed E-state index contributed by atoms with van der Waals surface area (Å²) in [6, 6.07) is 5.97. The molecule has 0 saturated carbocycles. The fourth-order valence-corrected chi connectivity index (χ4v) is 2.24. The molecule has 1 N–H and O–H groups in total. The van der Waals surface area contributed by atoms with E-state index in [1.54, 1.807) is 6.07 Å². The molecule has 0 radical (unpaired) electrons. The average Bonchev–Trinajstić information content (AvgIpc) is 2.46. The van der Waals surface area contributed by atoms with Crippen LogP contribution in [0.15, 0.2) is 18.2 Å². The van der Waals surface area contributed by atoms with Crippen LogP contribution in [0.5, 0.6) is 0 Å². The predicted octanol–water partition coefficient (Wildman–Crippen LogP) is 4.34. The summed E-state index contributed by atoms with van der Waals surface area (Å²) < 4.78 is 14.1. The van der Waals surface area contributed by atoms with Gasteiger partial charge in [0.1, 0.15) is 5.82 Å². The van der Waals surface area contributed by atoms with Gasteiger partial charge in [-0.25, -0.2) is 4.39 Å². The Kier molecular flexibility index (Phi) is 7.60. The van der Waals surface area contributed by atoms with E-state index in [2.05, 4.69) is 37.9 Å². The first-order valence-corrected chi connectivity index (χ1v) is 7.89. The molecule has 1 unspecified atom stereocenters. The Balaban J connectivity index is 2.83. The van der Waals surface area contributed by atoms with Crippen molar-refractivity contribution in [2.24, 2.45) is 0 Å². The molecule has 2 nitrogen and oxygen atoms in total. The van der Waals surface area contributed by atoms with Crippen molar-refractivity contribution >= 4 is 5.69 Å². The fourth-order valence-electron chi connectivity index (χ4n) is 2.24. The van der Waals surface area contributed by atoms with Gasteiger partial charge in [0, 0.05) is 25.7 Å². The van der Waals surface area contributed by atoms with Gasteiger partial charge in [0.2, 0.25) is 0 Å². The lowest BCUT2D eigenvalue weighted by Gasteiger charge is -2.25. The van der Waals surface area contributed by atoms with E-state index in [1.807, 2.05) is 12.1 Å². The number of nitrogens with zero attached hydrogens (tertiary/aromatic N) is 1. The number of halogens is 1. The molecule has 0 bridgehead atoms. The zero-order chi connectivity index (χ0) is 15.0. The maximum atomic E-state index is 14.1. The molecule has 0 aliphatic carbocycles. The number of anilines is 1. The Labute approximate surface area is 123 Å². The molecule has 0 heterocycles. The molecule has 20 heavy (non-hydrogen) atoms. The van der Waals surface area contributed by atoms with E-state index >= 15 is 0 Å². The monoisotopic (exact) mass is 280 g/mol. The third-order valence-electron chi connectivity index (χ3n) is 3.61. The van der Waals surface area contributed by atoms with Crippen LogP contribution in [0, 0.1) is 5.82 Å². The molecule has 114 valence electrons. The van der Waals surface area contributed by atoms with Gasteiger partial charge >= 0.3 is 0 Å². The average molecular weight is 280 g/mol. The number of nitrogens with one attached hydrogen (secondary N) is 1. The first-order chi connectivity index (χ1) is 9.62. The minimum atomic E-state index is -0.112. The van der Waals surface area contributed by atoms with Crippen LogP contribution in [0.4, 0.5) is 10.1 Å². The van der Waals surface area contributed by atoms with Gasteiger partial charge in [-0.05, 0) is 43.9 Å². The van der Waals surface area contributed by atoms with Crippen LogP contribution in [0.3, 0.4) is 0 Å². The molecule has 1 rings (SSSR count). The normalized spacial score (nSPS) is 12.4. The van der Waals surface area contributed by atoms with Crippen LogP contribution in [-0.2, 0) is 6.54 Å². The highest BCUT2D eigenvalue weighted by atomic mass is 19.1. The molecular formula is C17H29FN2. The first-order valence-electron chi connectivity index (χ1n) is 7.89. The largest absolute Gasteiger partial charge is 0.369 e. The summed E-state index contributed by atoms with van der Waals surface area (Å²) in [5.41, 5.74) is 1.90. The topological polar surface area (TPSA) is 15.3 Å². The van der Waals surface area contributed by atoms with Crippen molar-refractivity contribution in [2.75, 3.05) is 18.0 Å². The summed E-state index contributed by atoms with van der Waals surface area (Å²) >= 11 is 0. The molecule has 1 aromatic rings. The lowest BCUT2D eigenvalue weighted by Crippen LogP contribution is -2.27. The third-order valence-corrected chi connectivity index (χ3v) is 3.61. The lowest BCUT2D eigenvalue weighted by molar-refractivity contribution is 0.533. The minimum Gasteiger partial charge on any atom is -0.369 e. The predicted molar refractivity (Wildman–Crippen MR) is 85.8 cm³/mol. The summed E-state index contributed by atoms with van der Waals surface area (Å²) in [6.07, 6.45) is 3.18. The van der Waals surface area contributed by atoms with Gasteiger partial charge < -0.3 is 10.2 Å². The van der Waals surface area contributed by atoms with Gasteiger partial charge in [-0.2, -0.15) is 0 Å². The van der Waals surface area contributed by atoms with Crippen molar-refractivity contribution in [3.05, 3.63) is 29.6 Å². The number of hydrogen-bond donors (Lipinski definition) is 1. The Hall–Kier alpha value is -1.09. The Morgan fingerprint density at radius 2 is 1.80 bits per heavy atom. The van der Waals surface area contributed by atoms with Crippen molar-refractivity contribution in [2.45, 2.75) is 59.5 Å². The summed E-state index contributed by atoms with van der Waals surface area (Å²) in [4.78, 5) is 2.15. The van der Waals surface area contributed by atoms with Gasteiger partial charge in [-0.3, -0.25) is 0 Å². The van der Waals surface area contributed by atoms with Crippen molar-refractivity contribution in [3.8, 4) is 0 Å². The first kappa shape index (κ1) is 17.0. The summed E-state index contributed by atoms with van der Waals surface area (Å²) in [5, 5.41) is 3.46. The van der Waals surface area contributed by atoms with Crippen LogP contribution < -0.4 is 10.2 Å². The maximum Gasteiger partial charge on any atom is 0.146 e. The molecule has 3 heteroatoms. The molecule has 0 amide bonds. The third kappa shape index (κ3) is 5.12. The standard InChI is InChI=1S/C17H29FN2/c1-5-10-20(11-6-2)17-12-15(8-9-16(17)18)13-19-14(4)7-3/h8-9,12,14,19H,5-7,10-11,13H2,1-4H3. The number of rotatable bonds is 9. The summed E-state index contributed by atoms with van der Waals surface area (Å²) in [7, 11) is 0. The Bertz CT molecular complexity index is 387. The molecule has 0 saturated heterocycles. The van der Waals surface area contributed by atoms with E-state index in [1.165, 1.54) is 0 Å². The molecular weight excluding hydrogens is 251 g/mol. The Morgan fingerprint density at radius 3 is 2.35 bits per heavy atom. The molecule has 0 aromatic heterocycles. The number of hydrogen-bond acceptors (Lipinski definition) is 2. The molecule has 1 atom stereocenters. The van der Waals surface area contributed by atoms with E-state index in [4.69, 9.17) is 0 Å². The van der Waals surface area contributed by atoms with Crippen LogP contribution in [0.1, 0.15) is 52.5 Å². The zero-order valence-electron chi connectivity index (χ0n) is 13.4. The minimum absolute atomic E-state index is 0.112. The summed E-state index contributed by atoms with van der Waals surface area (Å²) in [6.45, 7) is 11.2. The smallest absolute Gasteiger partial charge is 0.146 e. The van der Waals surface area contributed by atoms with Gasteiger partial charge in [-0.1, -0.05) is 26.8 Å². The van der Waals surface area contributed by atoms with E-state index in [-0.39, 0.29) is 5.82 Å². The van der Waals surface area contributed by atoms with Crippen LogP contribution >= 0.6 is 0 Å². The van der Waals surface area contributed by atoms with Gasteiger partial charge in [0.25, 0.3) is 0 Å². The van der Waals surface area contributed by atoms with Gasteiger partial charge in [-0.15, -0.1) is 0 Å². The van der Waals surface area contributed by atoms with Crippen molar-refractivity contribution in [1.29, 1.82) is 0 Å². The fraction of sp³-hybridized carbons (Fsp3) is 0.647. The second kappa shape index (κ2) is 8.96. The van der Waals surface area contributed by atoms with Crippen LogP contribution in [0.2, 0.25) is 0 Å². The van der Waals surface area contributed by atoms with E-state index < -0.39 is 0 Å². The molecule has 0 fully saturated rings. The Morgan fingerprint density at radius 1 is 1.15 bits per heavy atom. The second-order valence-corrected chi connectivity index (χ2v) is 5.46. The van der Waals surface area contributed by atoms with Crippen molar-refractivity contribution < 1.29 is 4.39 Å². The molecule has 0 aliphatic rings. The SMILES string of the molecule is CCCN(CCC)c1cc(CNC(C)CC)ccc1F. The van der Waals surface area contributed by atoms with Crippen molar-refractivity contribution in [3.63, 3.8) is 0 Å². The van der Waals surface area contributed by atoms with Crippen LogP contribution in [-0.4, -0.2) is 19.1 Å². The molecule has 0 aliphatic heterocycles.